The minimum Gasteiger partial charge on any atom is -0.460 e. The van der Waals surface area contributed by atoms with Crippen molar-refractivity contribution in [2.45, 2.75) is 39.2 Å². The van der Waals surface area contributed by atoms with Crippen molar-refractivity contribution in [3.05, 3.63) is 29.7 Å². The van der Waals surface area contributed by atoms with E-state index < -0.39 is 0 Å². The highest BCUT2D eigenvalue weighted by Crippen LogP contribution is 2.39. The number of carbonyl (C=O) groups excluding carboxylic acids is 1. The lowest BCUT2D eigenvalue weighted by atomic mass is 9.84. The molecule has 2 aromatic heterocycles. The van der Waals surface area contributed by atoms with Crippen LogP contribution in [0.5, 0.6) is 0 Å². The van der Waals surface area contributed by atoms with E-state index in [1.807, 2.05) is 39.3 Å². The summed E-state index contributed by atoms with van der Waals surface area (Å²) in [4.78, 5) is 14.3. The molecule has 2 N–H and O–H groups in total. The third-order valence-electron chi connectivity index (χ3n) is 4.90. The zero-order valence-electron chi connectivity index (χ0n) is 14.7. The summed E-state index contributed by atoms with van der Waals surface area (Å²) in [7, 11) is 3.69. The molecule has 6 nitrogen and oxygen atoms in total. The fourth-order valence-electron chi connectivity index (χ4n) is 3.66. The van der Waals surface area contributed by atoms with E-state index in [0.29, 0.717) is 13.1 Å². The van der Waals surface area contributed by atoms with Crippen LogP contribution < -0.4 is 5.32 Å². The van der Waals surface area contributed by atoms with Gasteiger partial charge in [0.1, 0.15) is 11.5 Å². The zero-order valence-corrected chi connectivity index (χ0v) is 14.7. The molecule has 0 unspecified atom stereocenters. The summed E-state index contributed by atoms with van der Waals surface area (Å²) in [6, 6.07) is 3.89. The molecule has 3 rings (SSSR count). The normalized spacial score (nSPS) is 16.5. The maximum Gasteiger partial charge on any atom is 0.229 e. The molecule has 0 aliphatic heterocycles. The van der Waals surface area contributed by atoms with Crippen molar-refractivity contribution >= 4 is 5.91 Å². The first kappa shape index (κ1) is 16.8. The number of nitrogens with one attached hydrogen (secondary N) is 2. The third kappa shape index (κ3) is 3.24. The predicted octanol–water partition coefficient (Wildman–Crippen LogP) is 2.72. The van der Waals surface area contributed by atoms with Crippen LogP contribution in [0.2, 0.25) is 0 Å². The van der Waals surface area contributed by atoms with Crippen molar-refractivity contribution < 1.29 is 9.21 Å². The minimum absolute atomic E-state index is 0.238. The first-order valence-electron chi connectivity index (χ1n) is 8.53. The Morgan fingerprint density at radius 2 is 2.12 bits per heavy atom. The van der Waals surface area contributed by atoms with E-state index >= 15 is 0 Å². The first-order valence-corrected chi connectivity index (χ1v) is 8.53. The van der Waals surface area contributed by atoms with Crippen molar-refractivity contribution in [1.29, 1.82) is 0 Å². The standard InChI is InChI=1S/C18H26N4O2/c1-13-6-7-15(24-13)16-14(11-20-21-16)10-19-12-18(8-4-5-9-18)17(23)22(2)3/h6-7,11,19H,4-5,8-10,12H2,1-3H3,(H,20,21). The summed E-state index contributed by atoms with van der Waals surface area (Å²) >= 11 is 0. The van der Waals surface area contributed by atoms with Crippen LogP contribution >= 0.6 is 0 Å². The van der Waals surface area contributed by atoms with E-state index in [9.17, 15) is 4.79 Å². The lowest BCUT2D eigenvalue weighted by molar-refractivity contribution is -0.139. The number of carbonyl (C=O) groups is 1. The monoisotopic (exact) mass is 330 g/mol. The number of nitrogens with zero attached hydrogens (tertiary/aromatic N) is 2. The van der Waals surface area contributed by atoms with Crippen molar-refractivity contribution in [3.63, 3.8) is 0 Å². The smallest absolute Gasteiger partial charge is 0.229 e. The number of H-pyrrole nitrogens is 1. The first-order chi connectivity index (χ1) is 11.5. The molecule has 2 heterocycles. The molecule has 1 fully saturated rings. The number of rotatable bonds is 6. The predicted molar refractivity (Wildman–Crippen MR) is 92.3 cm³/mol. The lowest BCUT2D eigenvalue weighted by Crippen LogP contribution is -2.45. The number of amides is 1. The van der Waals surface area contributed by atoms with Gasteiger partial charge in [-0.1, -0.05) is 12.8 Å². The van der Waals surface area contributed by atoms with Crippen molar-refractivity contribution in [3.8, 4) is 11.5 Å². The van der Waals surface area contributed by atoms with Gasteiger partial charge in [0.25, 0.3) is 0 Å². The Bertz CT molecular complexity index is 695. The summed E-state index contributed by atoms with van der Waals surface area (Å²) in [5.74, 6) is 1.91. The zero-order chi connectivity index (χ0) is 17.2. The van der Waals surface area contributed by atoms with E-state index in [4.69, 9.17) is 4.42 Å². The van der Waals surface area contributed by atoms with Crippen molar-refractivity contribution in [2.75, 3.05) is 20.6 Å². The van der Waals surface area contributed by atoms with Crippen molar-refractivity contribution in [1.82, 2.24) is 20.4 Å². The van der Waals surface area contributed by atoms with Gasteiger partial charge in [0.2, 0.25) is 5.91 Å². The van der Waals surface area contributed by atoms with E-state index in [1.54, 1.807) is 4.90 Å². The van der Waals surface area contributed by atoms with Crippen LogP contribution in [-0.4, -0.2) is 41.6 Å². The summed E-state index contributed by atoms with van der Waals surface area (Å²) in [5.41, 5.74) is 1.69. The largest absolute Gasteiger partial charge is 0.460 e. The second kappa shape index (κ2) is 6.81. The molecule has 1 aliphatic rings. The number of furan rings is 1. The summed E-state index contributed by atoms with van der Waals surface area (Å²) in [6.45, 7) is 3.29. The van der Waals surface area contributed by atoms with Crippen LogP contribution in [0.3, 0.4) is 0 Å². The Kier molecular flexibility index (Phi) is 4.76. The Hall–Kier alpha value is -2.08. The van der Waals surface area contributed by atoms with Crippen molar-refractivity contribution in [2.24, 2.45) is 5.41 Å². The van der Waals surface area contributed by atoms with Gasteiger partial charge in [-0.15, -0.1) is 0 Å². The molecule has 1 amide bonds. The van der Waals surface area contributed by atoms with Gasteiger partial charge in [-0.25, -0.2) is 0 Å². The summed E-state index contributed by atoms with van der Waals surface area (Å²) < 4.78 is 5.68. The minimum atomic E-state index is -0.255. The Morgan fingerprint density at radius 3 is 2.75 bits per heavy atom. The van der Waals surface area contributed by atoms with Gasteiger partial charge in [-0.05, 0) is 31.9 Å². The SMILES string of the molecule is Cc1ccc(-c2[nH]ncc2CNCC2(C(=O)N(C)C)CCCC2)o1. The second-order valence-electron chi connectivity index (χ2n) is 6.97. The van der Waals surface area contributed by atoms with Gasteiger partial charge in [0.05, 0.1) is 11.6 Å². The van der Waals surface area contributed by atoms with Crippen LogP contribution in [0.15, 0.2) is 22.7 Å². The highest BCUT2D eigenvalue weighted by molar-refractivity contribution is 5.82. The van der Waals surface area contributed by atoms with E-state index in [-0.39, 0.29) is 11.3 Å². The molecule has 2 aromatic rings. The van der Waals surface area contributed by atoms with Gasteiger partial charge >= 0.3 is 0 Å². The van der Waals surface area contributed by atoms with Crippen LogP contribution in [0.4, 0.5) is 0 Å². The highest BCUT2D eigenvalue weighted by Gasteiger charge is 2.41. The number of aromatic nitrogens is 2. The van der Waals surface area contributed by atoms with Gasteiger partial charge in [0, 0.05) is 32.7 Å². The molecular weight excluding hydrogens is 304 g/mol. The Morgan fingerprint density at radius 1 is 1.38 bits per heavy atom. The van der Waals surface area contributed by atoms with Gasteiger partial charge < -0.3 is 14.6 Å². The quantitative estimate of drug-likeness (QED) is 0.854. The van der Waals surface area contributed by atoms with E-state index in [1.165, 1.54) is 0 Å². The number of hydrogen-bond donors (Lipinski definition) is 2. The molecule has 0 bridgehead atoms. The maximum absolute atomic E-state index is 12.6. The molecular formula is C18H26N4O2. The molecule has 24 heavy (non-hydrogen) atoms. The molecule has 1 saturated carbocycles. The average molecular weight is 330 g/mol. The molecule has 0 saturated heterocycles. The highest BCUT2D eigenvalue weighted by atomic mass is 16.3. The van der Waals surface area contributed by atoms with E-state index in [0.717, 1.165) is 48.5 Å². The fourth-order valence-corrected chi connectivity index (χ4v) is 3.66. The molecule has 6 heteroatoms. The molecule has 0 spiro atoms. The van der Waals surface area contributed by atoms with Crippen LogP contribution in [0, 0.1) is 12.3 Å². The third-order valence-corrected chi connectivity index (χ3v) is 4.90. The number of hydrogen-bond acceptors (Lipinski definition) is 4. The number of aryl methyl sites for hydroxylation is 1. The maximum atomic E-state index is 12.6. The summed E-state index contributed by atoms with van der Waals surface area (Å²) in [6.07, 6.45) is 6.00. The van der Waals surface area contributed by atoms with Crippen LogP contribution in [-0.2, 0) is 11.3 Å². The summed E-state index contributed by atoms with van der Waals surface area (Å²) in [5, 5.41) is 10.6. The molecule has 0 atom stereocenters. The lowest BCUT2D eigenvalue weighted by Gasteiger charge is -2.31. The Balaban J connectivity index is 1.66. The van der Waals surface area contributed by atoms with Gasteiger partial charge in [0.15, 0.2) is 5.76 Å². The van der Waals surface area contributed by atoms with Gasteiger partial charge in [-0.2, -0.15) is 5.10 Å². The number of aromatic amines is 1. The van der Waals surface area contributed by atoms with Gasteiger partial charge in [-0.3, -0.25) is 9.89 Å². The topological polar surface area (TPSA) is 74.2 Å². The van der Waals surface area contributed by atoms with E-state index in [2.05, 4.69) is 15.5 Å². The molecule has 1 aliphatic carbocycles. The second-order valence-corrected chi connectivity index (χ2v) is 6.97. The average Bonchev–Trinajstić information content (AvgIpc) is 3.27. The Labute approximate surface area is 142 Å². The van der Waals surface area contributed by atoms with Crippen LogP contribution in [0.25, 0.3) is 11.5 Å². The molecule has 130 valence electrons. The fraction of sp³-hybridized carbons (Fsp3) is 0.556. The van der Waals surface area contributed by atoms with Crippen LogP contribution in [0.1, 0.15) is 37.0 Å². The molecule has 0 radical (unpaired) electrons. The molecule has 0 aromatic carbocycles.